The fourth-order valence-electron chi connectivity index (χ4n) is 2.16. The minimum Gasteiger partial charge on any atom is -0.507 e. The van der Waals surface area contributed by atoms with Gasteiger partial charge >= 0.3 is 0 Å². The molecule has 0 saturated heterocycles. The number of aromatic hydroxyl groups is 1. The second-order valence-electron chi connectivity index (χ2n) is 4.91. The van der Waals surface area contributed by atoms with E-state index in [1.807, 2.05) is 32.9 Å². The highest BCUT2D eigenvalue weighted by Gasteiger charge is 2.13. The Kier molecular flexibility index (Phi) is 4.23. The van der Waals surface area contributed by atoms with Crippen LogP contribution < -0.4 is 5.32 Å². The van der Waals surface area contributed by atoms with Gasteiger partial charge in [-0.05, 0) is 44.0 Å². The number of phenolic OH excluding ortho intramolecular Hbond substituents is 1. The molecule has 0 aliphatic heterocycles. The van der Waals surface area contributed by atoms with Crippen LogP contribution >= 0.6 is 0 Å². The third-order valence-electron chi connectivity index (χ3n) is 3.48. The molecule has 0 amide bonds. The number of phenols is 1. The van der Waals surface area contributed by atoms with Crippen LogP contribution in [0.2, 0.25) is 0 Å². The summed E-state index contributed by atoms with van der Waals surface area (Å²) in [5, 5.41) is 13.3. The summed E-state index contributed by atoms with van der Waals surface area (Å²) in [4.78, 5) is 4.12. The second kappa shape index (κ2) is 5.90. The highest BCUT2D eigenvalue weighted by atomic mass is 19.1. The van der Waals surface area contributed by atoms with Gasteiger partial charge in [0.05, 0.1) is 17.9 Å². The van der Waals surface area contributed by atoms with Gasteiger partial charge in [0.1, 0.15) is 11.6 Å². The molecule has 2 aromatic rings. The third kappa shape index (κ3) is 2.90. The van der Waals surface area contributed by atoms with Gasteiger partial charge < -0.3 is 10.4 Å². The lowest BCUT2D eigenvalue weighted by Crippen LogP contribution is -2.12. The van der Waals surface area contributed by atoms with Crippen LogP contribution in [0.1, 0.15) is 36.2 Å². The lowest BCUT2D eigenvalue weighted by atomic mass is 10.1. The average molecular weight is 274 g/mol. The number of aryl methyl sites for hydroxylation is 1. The first kappa shape index (κ1) is 14.3. The number of hydrogen-bond donors (Lipinski definition) is 2. The van der Waals surface area contributed by atoms with Crippen molar-refractivity contribution in [1.82, 2.24) is 4.98 Å². The predicted molar refractivity (Wildman–Crippen MR) is 78.4 cm³/mol. The molecule has 0 bridgehead atoms. The molecule has 1 atom stereocenters. The summed E-state index contributed by atoms with van der Waals surface area (Å²) in [6.45, 7) is 5.77. The van der Waals surface area contributed by atoms with E-state index in [1.165, 1.54) is 12.3 Å². The number of pyridine rings is 1. The fourth-order valence-corrected chi connectivity index (χ4v) is 2.16. The highest BCUT2D eigenvalue weighted by molar-refractivity contribution is 5.59. The van der Waals surface area contributed by atoms with Crippen molar-refractivity contribution in [2.24, 2.45) is 0 Å². The molecule has 1 aromatic carbocycles. The third-order valence-corrected chi connectivity index (χ3v) is 3.48. The molecule has 0 aliphatic rings. The minimum absolute atomic E-state index is 0.0172. The number of nitrogens with one attached hydrogen (secondary N) is 1. The van der Waals surface area contributed by atoms with Crippen LogP contribution in [0.3, 0.4) is 0 Å². The Bertz CT molecular complexity index is 596. The van der Waals surface area contributed by atoms with Gasteiger partial charge in [0.25, 0.3) is 0 Å². The monoisotopic (exact) mass is 274 g/mol. The van der Waals surface area contributed by atoms with E-state index >= 15 is 0 Å². The van der Waals surface area contributed by atoms with Gasteiger partial charge in [0.15, 0.2) is 0 Å². The van der Waals surface area contributed by atoms with Gasteiger partial charge in [-0.3, -0.25) is 4.98 Å². The van der Waals surface area contributed by atoms with E-state index in [0.717, 1.165) is 28.9 Å². The summed E-state index contributed by atoms with van der Waals surface area (Å²) in [6, 6.07) is 6.88. The fraction of sp³-hybridized carbons (Fsp3) is 0.312. The van der Waals surface area contributed by atoms with Crippen LogP contribution in [0, 0.1) is 19.7 Å². The Balaban J connectivity index is 2.27. The van der Waals surface area contributed by atoms with Crippen molar-refractivity contribution in [3.8, 4) is 5.75 Å². The van der Waals surface area contributed by atoms with Gasteiger partial charge in [-0.2, -0.15) is 0 Å². The van der Waals surface area contributed by atoms with Crippen LogP contribution in [0.4, 0.5) is 10.1 Å². The molecule has 3 nitrogen and oxygen atoms in total. The largest absolute Gasteiger partial charge is 0.507 e. The second-order valence-corrected chi connectivity index (χ2v) is 4.91. The number of hydrogen-bond acceptors (Lipinski definition) is 3. The Morgan fingerprint density at radius 1 is 1.25 bits per heavy atom. The van der Waals surface area contributed by atoms with E-state index in [-0.39, 0.29) is 11.9 Å². The molecule has 1 unspecified atom stereocenters. The van der Waals surface area contributed by atoms with Crippen molar-refractivity contribution in [3.63, 3.8) is 0 Å². The zero-order chi connectivity index (χ0) is 14.7. The first-order valence-electron chi connectivity index (χ1n) is 6.70. The number of benzene rings is 1. The van der Waals surface area contributed by atoms with Crippen molar-refractivity contribution >= 4 is 5.69 Å². The average Bonchev–Trinajstić information content (AvgIpc) is 2.45. The first-order chi connectivity index (χ1) is 9.52. The maximum atomic E-state index is 12.9. The van der Waals surface area contributed by atoms with E-state index in [0.29, 0.717) is 5.75 Å². The molecule has 2 rings (SSSR count). The molecule has 4 heteroatoms. The maximum Gasteiger partial charge on any atom is 0.141 e. The van der Waals surface area contributed by atoms with E-state index in [9.17, 15) is 9.50 Å². The smallest absolute Gasteiger partial charge is 0.141 e. The van der Waals surface area contributed by atoms with E-state index in [2.05, 4.69) is 10.3 Å². The van der Waals surface area contributed by atoms with Crippen molar-refractivity contribution in [2.45, 2.75) is 33.2 Å². The van der Waals surface area contributed by atoms with Gasteiger partial charge in [-0.25, -0.2) is 4.39 Å². The molecule has 0 fully saturated rings. The predicted octanol–water partition coefficient (Wildman–Crippen LogP) is 4.11. The van der Waals surface area contributed by atoms with Gasteiger partial charge in [-0.15, -0.1) is 0 Å². The van der Waals surface area contributed by atoms with Crippen molar-refractivity contribution in [2.75, 3.05) is 5.32 Å². The quantitative estimate of drug-likeness (QED) is 0.882. The molecular formula is C16H19FN2O. The molecular weight excluding hydrogens is 255 g/mol. The molecule has 1 heterocycles. The van der Waals surface area contributed by atoms with Gasteiger partial charge in [0, 0.05) is 11.3 Å². The summed E-state index contributed by atoms with van der Waals surface area (Å²) >= 11 is 0. The van der Waals surface area contributed by atoms with E-state index in [4.69, 9.17) is 0 Å². The Labute approximate surface area is 118 Å². The highest BCUT2D eigenvalue weighted by Crippen LogP contribution is 2.31. The molecule has 1 aromatic heterocycles. The number of rotatable bonds is 4. The van der Waals surface area contributed by atoms with E-state index < -0.39 is 0 Å². The number of aromatic nitrogens is 1. The summed E-state index contributed by atoms with van der Waals surface area (Å²) in [6.07, 6.45) is 2.03. The molecule has 106 valence electrons. The number of nitrogens with zero attached hydrogens (tertiary/aromatic N) is 1. The lowest BCUT2D eigenvalue weighted by molar-refractivity contribution is 0.467. The van der Waals surface area contributed by atoms with Crippen LogP contribution in [-0.4, -0.2) is 10.1 Å². The SMILES string of the molecule is CCC(Nc1ccc(C)c(O)c1C)c1ccc(F)cn1. The summed E-state index contributed by atoms with van der Waals surface area (Å²) < 4.78 is 12.9. The van der Waals surface area contributed by atoms with Crippen LogP contribution in [0.5, 0.6) is 5.75 Å². The van der Waals surface area contributed by atoms with Crippen molar-refractivity contribution < 1.29 is 9.50 Å². The molecule has 0 radical (unpaired) electrons. The molecule has 0 spiro atoms. The molecule has 2 N–H and O–H groups in total. The van der Waals surface area contributed by atoms with Crippen LogP contribution in [-0.2, 0) is 0 Å². The number of halogens is 1. The minimum atomic E-state index is -0.340. The van der Waals surface area contributed by atoms with Crippen molar-refractivity contribution in [1.29, 1.82) is 0 Å². The molecule has 0 saturated carbocycles. The number of anilines is 1. The zero-order valence-electron chi connectivity index (χ0n) is 11.9. The Morgan fingerprint density at radius 2 is 2.00 bits per heavy atom. The van der Waals surface area contributed by atoms with Gasteiger partial charge in [0.2, 0.25) is 0 Å². The summed E-state index contributed by atoms with van der Waals surface area (Å²) in [5.41, 5.74) is 3.31. The van der Waals surface area contributed by atoms with Crippen LogP contribution in [0.25, 0.3) is 0 Å². The summed E-state index contributed by atoms with van der Waals surface area (Å²) in [7, 11) is 0. The Hall–Kier alpha value is -2.10. The van der Waals surface area contributed by atoms with Crippen molar-refractivity contribution in [3.05, 3.63) is 53.1 Å². The normalized spacial score (nSPS) is 12.2. The Morgan fingerprint density at radius 3 is 2.60 bits per heavy atom. The van der Waals surface area contributed by atoms with E-state index in [1.54, 1.807) is 6.07 Å². The first-order valence-corrected chi connectivity index (χ1v) is 6.70. The lowest BCUT2D eigenvalue weighted by Gasteiger charge is -2.20. The molecule has 20 heavy (non-hydrogen) atoms. The maximum absolute atomic E-state index is 12.9. The standard InChI is InChI=1S/C16H19FN2O/c1-4-13(15-8-6-12(17)9-18-15)19-14-7-5-10(2)16(20)11(14)3/h5-9,13,19-20H,4H2,1-3H3. The summed E-state index contributed by atoms with van der Waals surface area (Å²) in [5.74, 6) is -0.0373. The van der Waals surface area contributed by atoms with Gasteiger partial charge in [-0.1, -0.05) is 13.0 Å². The zero-order valence-corrected chi connectivity index (χ0v) is 11.9. The topological polar surface area (TPSA) is 45.1 Å². The van der Waals surface area contributed by atoms with Crippen LogP contribution in [0.15, 0.2) is 30.5 Å². The molecule has 0 aliphatic carbocycles.